The molecule has 5 heteroatoms. The van der Waals surface area contributed by atoms with Gasteiger partial charge >= 0.3 is 0 Å². The smallest absolute Gasteiger partial charge is 0.272 e. The molecule has 0 unspecified atom stereocenters. The summed E-state index contributed by atoms with van der Waals surface area (Å²) in [5, 5.41) is 5.08. The number of aromatic nitrogens is 1. The molecular formula is C21H17BrN2OS. The van der Waals surface area contributed by atoms with Gasteiger partial charge in [0.2, 0.25) is 0 Å². The minimum atomic E-state index is -0.0895. The number of para-hydroxylation sites is 1. The summed E-state index contributed by atoms with van der Waals surface area (Å²) < 4.78 is 4.12. The Bertz CT molecular complexity index is 1050. The second-order valence-corrected chi connectivity index (χ2v) is 7.82. The van der Waals surface area contributed by atoms with Crippen LogP contribution in [0, 0.1) is 0 Å². The van der Waals surface area contributed by atoms with E-state index in [1.54, 1.807) is 11.3 Å². The van der Waals surface area contributed by atoms with E-state index < -0.39 is 0 Å². The average Bonchev–Trinajstić information content (AvgIpc) is 3.24. The van der Waals surface area contributed by atoms with Crippen LogP contribution in [0.2, 0.25) is 0 Å². The predicted molar refractivity (Wildman–Crippen MR) is 112 cm³/mol. The van der Waals surface area contributed by atoms with Crippen LogP contribution in [0.1, 0.15) is 16.1 Å². The molecular weight excluding hydrogens is 408 g/mol. The molecule has 1 amide bonds. The summed E-state index contributed by atoms with van der Waals surface area (Å²) in [4.78, 5) is 12.9. The van der Waals surface area contributed by atoms with Gasteiger partial charge < -0.3 is 9.88 Å². The van der Waals surface area contributed by atoms with E-state index in [2.05, 4.69) is 49.4 Å². The highest BCUT2D eigenvalue weighted by Crippen LogP contribution is 2.27. The monoisotopic (exact) mass is 424 g/mol. The standard InChI is InChI=1S/C21H17BrN2OS/c22-16-8-4-5-9-17(16)23-21(25)19-14-20-18(11-13-26-20)24(19)12-10-15-6-2-1-3-7-15/h1-9,11,13-14H,10,12H2,(H,23,25). The largest absolute Gasteiger partial charge is 0.335 e. The number of fused-ring (bicyclic) bond motifs is 1. The Labute approximate surface area is 164 Å². The number of amides is 1. The summed E-state index contributed by atoms with van der Waals surface area (Å²) in [6, 6.07) is 22.1. The Morgan fingerprint density at radius 2 is 1.81 bits per heavy atom. The highest BCUT2D eigenvalue weighted by molar-refractivity contribution is 9.10. The van der Waals surface area contributed by atoms with Gasteiger partial charge in [-0.1, -0.05) is 42.5 Å². The molecule has 0 radical (unpaired) electrons. The van der Waals surface area contributed by atoms with Crippen molar-refractivity contribution >= 4 is 49.1 Å². The minimum absolute atomic E-state index is 0.0895. The van der Waals surface area contributed by atoms with E-state index in [1.807, 2.05) is 48.5 Å². The van der Waals surface area contributed by atoms with Crippen LogP contribution in [0.4, 0.5) is 5.69 Å². The lowest BCUT2D eigenvalue weighted by molar-refractivity contribution is 0.101. The van der Waals surface area contributed by atoms with Gasteiger partial charge in [0.05, 0.1) is 15.9 Å². The molecule has 2 aromatic carbocycles. The number of anilines is 1. The fourth-order valence-electron chi connectivity index (χ4n) is 3.04. The van der Waals surface area contributed by atoms with Crippen molar-refractivity contribution in [1.29, 1.82) is 0 Å². The second-order valence-electron chi connectivity index (χ2n) is 6.02. The van der Waals surface area contributed by atoms with Crippen LogP contribution < -0.4 is 5.32 Å². The zero-order valence-corrected chi connectivity index (χ0v) is 16.4. The molecule has 0 spiro atoms. The summed E-state index contributed by atoms with van der Waals surface area (Å²) >= 11 is 5.15. The van der Waals surface area contributed by atoms with E-state index in [0.717, 1.165) is 33.3 Å². The van der Waals surface area contributed by atoms with Gasteiger partial charge in [-0.3, -0.25) is 4.79 Å². The molecule has 0 fully saturated rings. The molecule has 0 saturated heterocycles. The van der Waals surface area contributed by atoms with Crippen LogP contribution in [0.25, 0.3) is 10.2 Å². The van der Waals surface area contributed by atoms with E-state index >= 15 is 0 Å². The van der Waals surface area contributed by atoms with Crippen LogP contribution in [-0.4, -0.2) is 10.5 Å². The van der Waals surface area contributed by atoms with Gasteiger partial charge in [-0.2, -0.15) is 0 Å². The lowest BCUT2D eigenvalue weighted by atomic mass is 10.1. The Kier molecular flexibility index (Phi) is 4.91. The lowest BCUT2D eigenvalue weighted by Gasteiger charge is -2.12. The van der Waals surface area contributed by atoms with Crippen molar-refractivity contribution < 1.29 is 4.79 Å². The molecule has 1 N–H and O–H groups in total. The van der Waals surface area contributed by atoms with E-state index in [9.17, 15) is 4.79 Å². The summed E-state index contributed by atoms with van der Waals surface area (Å²) in [6.07, 6.45) is 0.885. The number of carbonyl (C=O) groups is 1. The molecule has 0 saturated carbocycles. The van der Waals surface area contributed by atoms with Crippen LogP contribution in [0.5, 0.6) is 0 Å². The first-order chi connectivity index (χ1) is 12.7. The third-order valence-electron chi connectivity index (χ3n) is 4.34. The van der Waals surface area contributed by atoms with Crippen molar-refractivity contribution in [3.05, 3.63) is 87.8 Å². The third-order valence-corrected chi connectivity index (χ3v) is 5.89. The zero-order valence-electron chi connectivity index (χ0n) is 14.0. The van der Waals surface area contributed by atoms with Crippen molar-refractivity contribution in [3.8, 4) is 0 Å². The SMILES string of the molecule is O=C(Nc1ccccc1Br)c1cc2sccc2n1CCc1ccccc1. The van der Waals surface area contributed by atoms with Crippen LogP contribution in [0.15, 0.2) is 76.6 Å². The van der Waals surface area contributed by atoms with Crippen molar-refractivity contribution in [2.45, 2.75) is 13.0 Å². The van der Waals surface area contributed by atoms with Crippen molar-refractivity contribution in [2.75, 3.05) is 5.32 Å². The number of benzene rings is 2. The number of nitrogens with one attached hydrogen (secondary N) is 1. The molecule has 0 atom stereocenters. The Hall–Kier alpha value is -2.37. The molecule has 2 aromatic heterocycles. The summed E-state index contributed by atoms with van der Waals surface area (Å²) in [7, 11) is 0. The van der Waals surface area contributed by atoms with Gasteiger partial charge in [0, 0.05) is 11.0 Å². The number of carbonyl (C=O) groups excluding carboxylic acids is 1. The van der Waals surface area contributed by atoms with Crippen molar-refractivity contribution in [1.82, 2.24) is 4.57 Å². The van der Waals surface area contributed by atoms with Gasteiger partial charge in [0.25, 0.3) is 5.91 Å². The maximum absolute atomic E-state index is 12.9. The molecule has 0 bridgehead atoms. The zero-order chi connectivity index (χ0) is 17.9. The number of nitrogens with zero attached hydrogens (tertiary/aromatic N) is 1. The maximum atomic E-state index is 12.9. The molecule has 4 rings (SSSR count). The number of thiophene rings is 1. The first-order valence-corrected chi connectivity index (χ1v) is 10.1. The summed E-state index contributed by atoms with van der Waals surface area (Å²) in [5.41, 5.74) is 3.85. The molecule has 2 heterocycles. The van der Waals surface area contributed by atoms with E-state index in [-0.39, 0.29) is 5.91 Å². The molecule has 0 aliphatic rings. The number of halogens is 1. The van der Waals surface area contributed by atoms with Gasteiger partial charge in [0.1, 0.15) is 5.69 Å². The van der Waals surface area contributed by atoms with Crippen molar-refractivity contribution in [3.63, 3.8) is 0 Å². The molecule has 4 aromatic rings. The number of aryl methyl sites for hydroxylation is 2. The highest BCUT2D eigenvalue weighted by Gasteiger charge is 2.17. The average molecular weight is 425 g/mol. The van der Waals surface area contributed by atoms with E-state index in [1.165, 1.54) is 5.56 Å². The number of hydrogen-bond acceptors (Lipinski definition) is 2. The molecule has 130 valence electrons. The van der Waals surface area contributed by atoms with Gasteiger partial charge in [-0.15, -0.1) is 11.3 Å². The van der Waals surface area contributed by atoms with Gasteiger partial charge in [0.15, 0.2) is 0 Å². The topological polar surface area (TPSA) is 34.0 Å². The Balaban J connectivity index is 1.63. The quantitative estimate of drug-likeness (QED) is 0.421. The lowest BCUT2D eigenvalue weighted by Crippen LogP contribution is -2.18. The van der Waals surface area contributed by atoms with Crippen LogP contribution in [-0.2, 0) is 13.0 Å². The Morgan fingerprint density at radius 1 is 1.04 bits per heavy atom. The normalized spacial score (nSPS) is 11.0. The summed E-state index contributed by atoms with van der Waals surface area (Å²) in [6.45, 7) is 0.767. The molecule has 3 nitrogen and oxygen atoms in total. The first-order valence-electron chi connectivity index (χ1n) is 8.39. The Morgan fingerprint density at radius 3 is 2.62 bits per heavy atom. The van der Waals surface area contributed by atoms with Gasteiger partial charge in [-0.05, 0) is 57.6 Å². The molecule has 0 aliphatic carbocycles. The maximum Gasteiger partial charge on any atom is 0.272 e. The van der Waals surface area contributed by atoms with Gasteiger partial charge in [-0.25, -0.2) is 0 Å². The second kappa shape index (κ2) is 7.48. The predicted octanol–water partition coefficient (Wildman–Crippen LogP) is 5.96. The summed E-state index contributed by atoms with van der Waals surface area (Å²) in [5.74, 6) is -0.0895. The van der Waals surface area contributed by atoms with E-state index in [4.69, 9.17) is 0 Å². The fourth-order valence-corrected chi connectivity index (χ4v) is 4.25. The molecule has 0 aliphatic heterocycles. The molecule has 26 heavy (non-hydrogen) atoms. The fraction of sp³-hybridized carbons (Fsp3) is 0.0952. The van der Waals surface area contributed by atoms with Crippen LogP contribution in [0.3, 0.4) is 0 Å². The van der Waals surface area contributed by atoms with E-state index in [0.29, 0.717) is 5.69 Å². The number of hydrogen-bond donors (Lipinski definition) is 1. The first kappa shape index (κ1) is 17.1. The number of rotatable bonds is 5. The van der Waals surface area contributed by atoms with Crippen LogP contribution >= 0.6 is 27.3 Å². The third kappa shape index (κ3) is 3.45. The van der Waals surface area contributed by atoms with Crippen molar-refractivity contribution in [2.24, 2.45) is 0 Å². The minimum Gasteiger partial charge on any atom is -0.335 e. The highest BCUT2D eigenvalue weighted by atomic mass is 79.9.